The van der Waals surface area contributed by atoms with Crippen molar-refractivity contribution in [2.75, 3.05) is 6.54 Å². The first-order valence-corrected chi connectivity index (χ1v) is 7.03. The van der Waals surface area contributed by atoms with Crippen LogP contribution in [0.3, 0.4) is 0 Å². The van der Waals surface area contributed by atoms with E-state index in [0.717, 1.165) is 23.2 Å². The van der Waals surface area contributed by atoms with Crippen molar-refractivity contribution in [3.05, 3.63) is 52.0 Å². The first kappa shape index (κ1) is 14.1. The lowest BCUT2D eigenvalue weighted by Gasteiger charge is -2.17. The smallest absolute Gasteiger partial charge is 0.159 e. The van der Waals surface area contributed by atoms with Gasteiger partial charge in [0.1, 0.15) is 0 Å². The molecule has 102 valence electrons. The van der Waals surface area contributed by atoms with Gasteiger partial charge in [0.05, 0.1) is 5.01 Å². The molecule has 0 amide bonds. The number of thiazole rings is 1. The summed E-state index contributed by atoms with van der Waals surface area (Å²) in [4.78, 5) is 4.26. The first-order valence-electron chi connectivity index (χ1n) is 6.15. The predicted octanol–water partition coefficient (Wildman–Crippen LogP) is 3.88. The van der Waals surface area contributed by atoms with Crippen molar-refractivity contribution in [3.63, 3.8) is 0 Å². The predicted molar refractivity (Wildman–Crippen MR) is 73.3 cm³/mol. The zero-order chi connectivity index (χ0) is 13.8. The Balaban J connectivity index is 1.93. The molecule has 2 rings (SSSR count). The highest BCUT2D eigenvalue weighted by Crippen LogP contribution is 2.19. The summed E-state index contributed by atoms with van der Waals surface area (Å²) in [5, 5.41) is 6.33. The summed E-state index contributed by atoms with van der Waals surface area (Å²) < 4.78 is 26.0. The molecule has 0 radical (unpaired) electrons. The van der Waals surface area contributed by atoms with Crippen LogP contribution in [0.4, 0.5) is 8.78 Å². The van der Waals surface area contributed by atoms with Gasteiger partial charge in [0.2, 0.25) is 0 Å². The van der Waals surface area contributed by atoms with Gasteiger partial charge >= 0.3 is 0 Å². The van der Waals surface area contributed by atoms with Crippen LogP contribution in [0.5, 0.6) is 0 Å². The monoisotopic (exact) mass is 282 g/mol. The number of hydrogen-bond donors (Lipinski definition) is 1. The van der Waals surface area contributed by atoms with Crippen LogP contribution in [0, 0.1) is 11.6 Å². The van der Waals surface area contributed by atoms with Crippen LogP contribution in [-0.4, -0.2) is 11.5 Å². The topological polar surface area (TPSA) is 24.9 Å². The number of hydrogen-bond acceptors (Lipinski definition) is 3. The molecule has 2 unspecified atom stereocenters. The van der Waals surface area contributed by atoms with Crippen LogP contribution in [0.2, 0.25) is 0 Å². The standard InChI is InChI=1S/C14H16F2N2S/c1-9(14-17-5-6-19-14)8-18-10(2)11-3-4-12(15)13(16)7-11/h3-7,9-10,18H,8H2,1-2H3. The van der Waals surface area contributed by atoms with Gasteiger partial charge in [-0.15, -0.1) is 11.3 Å². The molecular weight excluding hydrogens is 266 g/mol. The molecule has 0 aliphatic rings. The summed E-state index contributed by atoms with van der Waals surface area (Å²) in [7, 11) is 0. The number of halogens is 2. The van der Waals surface area contributed by atoms with Crippen LogP contribution < -0.4 is 5.32 Å². The minimum Gasteiger partial charge on any atom is -0.310 e. The second-order valence-electron chi connectivity index (χ2n) is 4.57. The maximum absolute atomic E-state index is 13.2. The Morgan fingerprint density at radius 3 is 2.68 bits per heavy atom. The normalized spacial score (nSPS) is 14.3. The molecule has 1 N–H and O–H groups in total. The minimum absolute atomic E-state index is 0.0301. The van der Waals surface area contributed by atoms with E-state index in [4.69, 9.17) is 0 Å². The minimum atomic E-state index is -0.813. The average Bonchev–Trinajstić information content (AvgIpc) is 2.92. The maximum Gasteiger partial charge on any atom is 0.159 e. The van der Waals surface area contributed by atoms with E-state index in [0.29, 0.717) is 5.92 Å². The quantitative estimate of drug-likeness (QED) is 0.900. The molecule has 2 aromatic rings. The van der Waals surface area contributed by atoms with Crippen molar-refractivity contribution < 1.29 is 8.78 Å². The number of benzene rings is 1. The number of nitrogens with zero attached hydrogens (tertiary/aromatic N) is 1. The van der Waals surface area contributed by atoms with Gasteiger partial charge in [-0.05, 0) is 24.6 Å². The summed E-state index contributed by atoms with van der Waals surface area (Å²) in [6, 6.07) is 3.97. The molecule has 0 fully saturated rings. The van der Waals surface area contributed by atoms with E-state index in [1.165, 1.54) is 6.07 Å². The highest BCUT2D eigenvalue weighted by atomic mass is 32.1. The van der Waals surface area contributed by atoms with Crippen molar-refractivity contribution in [3.8, 4) is 0 Å². The second-order valence-corrected chi connectivity index (χ2v) is 5.50. The fourth-order valence-electron chi connectivity index (χ4n) is 1.82. The van der Waals surface area contributed by atoms with E-state index in [1.54, 1.807) is 23.6 Å². The van der Waals surface area contributed by atoms with Crippen molar-refractivity contribution in [1.29, 1.82) is 0 Å². The van der Waals surface area contributed by atoms with Gasteiger partial charge < -0.3 is 5.32 Å². The summed E-state index contributed by atoms with van der Waals surface area (Å²) in [6.07, 6.45) is 1.79. The Hall–Kier alpha value is -1.33. The molecule has 2 nitrogen and oxygen atoms in total. The first-order chi connectivity index (χ1) is 9.08. The molecule has 0 saturated heterocycles. The molecule has 19 heavy (non-hydrogen) atoms. The van der Waals surface area contributed by atoms with Gasteiger partial charge in [-0.1, -0.05) is 13.0 Å². The highest BCUT2D eigenvalue weighted by molar-refractivity contribution is 7.09. The summed E-state index contributed by atoms with van der Waals surface area (Å²) >= 11 is 1.62. The molecular formula is C14H16F2N2S. The fraction of sp³-hybridized carbons (Fsp3) is 0.357. The van der Waals surface area contributed by atoms with Crippen LogP contribution in [0.1, 0.15) is 36.4 Å². The zero-order valence-electron chi connectivity index (χ0n) is 10.9. The number of rotatable bonds is 5. The lowest BCUT2D eigenvalue weighted by molar-refractivity contribution is 0.497. The molecule has 0 aliphatic heterocycles. The summed E-state index contributed by atoms with van der Waals surface area (Å²) in [5.74, 6) is -1.32. The van der Waals surface area contributed by atoms with Gasteiger partial charge in [-0.2, -0.15) is 0 Å². The van der Waals surface area contributed by atoms with Gasteiger partial charge in [0.25, 0.3) is 0 Å². The van der Waals surface area contributed by atoms with Crippen LogP contribution >= 0.6 is 11.3 Å². The van der Waals surface area contributed by atoms with Crippen molar-refractivity contribution >= 4 is 11.3 Å². The summed E-state index contributed by atoms with van der Waals surface area (Å²) in [6.45, 7) is 4.76. The third-order valence-corrected chi connectivity index (χ3v) is 4.05. The Labute approximate surface area is 115 Å². The Morgan fingerprint density at radius 2 is 2.05 bits per heavy atom. The fourth-order valence-corrected chi connectivity index (χ4v) is 2.52. The van der Waals surface area contributed by atoms with Crippen molar-refractivity contribution in [1.82, 2.24) is 10.3 Å². The summed E-state index contributed by atoms with van der Waals surface area (Å²) in [5.41, 5.74) is 0.741. The molecule has 1 heterocycles. The zero-order valence-corrected chi connectivity index (χ0v) is 11.7. The average molecular weight is 282 g/mol. The van der Waals surface area contributed by atoms with E-state index in [2.05, 4.69) is 17.2 Å². The van der Waals surface area contributed by atoms with E-state index < -0.39 is 11.6 Å². The van der Waals surface area contributed by atoms with Crippen molar-refractivity contribution in [2.45, 2.75) is 25.8 Å². The van der Waals surface area contributed by atoms with E-state index in [9.17, 15) is 8.78 Å². The molecule has 5 heteroatoms. The van der Waals surface area contributed by atoms with E-state index in [1.807, 2.05) is 12.3 Å². The van der Waals surface area contributed by atoms with Crippen LogP contribution in [0.25, 0.3) is 0 Å². The molecule has 1 aromatic carbocycles. The Bertz CT molecular complexity index is 528. The van der Waals surface area contributed by atoms with Gasteiger partial charge in [0, 0.05) is 30.1 Å². The SMILES string of the molecule is CC(CNC(C)c1ccc(F)c(F)c1)c1nccs1. The largest absolute Gasteiger partial charge is 0.310 e. The molecule has 0 bridgehead atoms. The maximum atomic E-state index is 13.2. The molecule has 2 atom stereocenters. The van der Waals surface area contributed by atoms with Crippen LogP contribution in [0.15, 0.2) is 29.8 Å². The van der Waals surface area contributed by atoms with E-state index in [-0.39, 0.29) is 6.04 Å². The third kappa shape index (κ3) is 3.58. The molecule has 1 aromatic heterocycles. The van der Waals surface area contributed by atoms with Gasteiger partial charge in [-0.25, -0.2) is 13.8 Å². The highest BCUT2D eigenvalue weighted by Gasteiger charge is 2.12. The number of nitrogens with one attached hydrogen (secondary N) is 1. The third-order valence-electron chi connectivity index (χ3n) is 3.05. The lowest BCUT2D eigenvalue weighted by atomic mass is 10.1. The number of aromatic nitrogens is 1. The molecule has 0 aliphatic carbocycles. The van der Waals surface area contributed by atoms with E-state index >= 15 is 0 Å². The van der Waals surface area contributed by atoms with Gasteiger partial charge in [0.15, 0.2) is 11.6 Å². The second kappa shape index (κ2) is 6.21. The van der Waals surface area contributed by atoms with Crippen molar-refractivity contribution in [2.24, 2.45) is 0 Å². The van der Waals surface area contributed by atoms with Crippen LogP contribution in [-0.2, 0) is 0 Å². The molecule has 0 spiro atoms. The lowest BCUT2D eigenvalue weighted by Crippen LogP contribution is -2.23. The Kier molecular flexibility index (Phi) is 4.61. The molecule has 0 saturated carbocycles. The van der Waals surface area contributed by atoms with Gasteiger partial charge in [-0.3, -0.25) is 0 Å². The Morgan fingerprint density at radius 1 is 1.26 bits per heavy atom.